The minimum Gasteiger partial charge on any atom is -0.481 e. The number of aromatic nitrogens is 2. The Morgan fingerprint density at radius 1 is 1.44 bits per heavy atom. The van der Waals surface area contributed by atoms with Crippen molar-refractivity contribution in [1.29, 1.82) is 0 Å². The lowest BCUT2D eigenvalue weighted by Gasteiger charge is -2.36. The Hall–Kier alpha value is -1.46. The van der Waals surface area contributed by atoms with Crippen LogP contribution in [-0.4, -0.2) is 26.8 Å². The number of carboxylic acids is 1. The average molecular weight is 258 g/mol. The third kappa shape index (κ3) is 2.00. The van der Waals surface area contributed by atoms with Crippen LogP contribution in [0.2, 0.25) is 0 Å². The van der Waals surface area contributed by atoms with Gasteiger partial charge in [0.15, 0.2) is 0 Å². The fraction of sp³-hybridized carbons (Fsp3) is 0.667. The monoisotopic (exact) mass is 258 g/mol. The molecule has 0 spiro atoms. The minimum absolute atomic E-state index is 0.0406. The van der Waals surface area contributed by atoms with Crippen LogP contribution in [0.1, 0.15) is 38.3 Å². The van der Waals surface area contributed by atoms with Crippen LogP contribution in [0.25, 0.3) is 0 Å². The lowest BCUT2D eigenvalue weighted by molar-refractivity contribution is -0.149. The maximum Gasteiger partial charge on any atom is 0.315 e. The minimum atomic E-state index is -2.74. The van der Waals surface area contributed by atoms with Crippen molar-refractivity contribution in [2.45, 2.75) is 50.5 Å². The van der Waals surface area contributed by atoms with Gasteiger partial charge in [0, 0.05) is 25.6 Å². The summed E-state index contributed by atoms with van der Waals surface area (Å²) in [6, 6.07) is 1.63. The van der Waals surface area contributed by atoms with E-state index in [4.69, 9.17) is 0 Å². The molecule has 0 bridgehead atoms. The van der Waals surface area contributed by atoms with Crippen molar-refractivity contribution in [3.05, 3.63) is 18.0 Å². The van der Waals surface area contributed by atoms with Crippen molar-refractivity contribution in [2.24, 2.45) is 0 Å². The first kappa shape index (κ1) is 13.0. The van der Waals surface area contributed by atoms with Crippen LogP contribution in [-0.2, 0) is 16.8 Å². The summed E-state index contributed by atoms with van der Waals surface area (Å²) in [5.41, 5.74) is -0.679. The Balaban J connectivity index is 2.38. The summed E-state index contributed by atoms with van der Waals surface area (Å²) in [5, 5.41) is 13.5. The average Bonchev–Trinajstić information content (AvgIpc) is 2.77. The highest BCUT2D eigenvalue weighted by atomic mass is 19.3. The van der Waals surface area contributed by atoms with Crippen molar-refractivity contribution in [3.63, 3.8) is 0 Å². The molecule has 1 aromatic heterocycles. The maximum absolute atomic E-state index is 13.2. The number of aryl methyl sites for hydroxylation is 1. The Morgan fingerprint density at radius 2 is 2.06 bits per heavy atom. The van der Waals surface area contributed by atoms with Crippen LogP contribution >= 0.6 is 0 Å². The molecule has 0 aromatic carbocycles. The lowest BCUT2D eigenvalue weighted by atomic mass is 9.70. The smallest absolute Gasteiger partial charge is 0.315 e. The quantitative estimate of drug-likeness (QED) is 0.906. The molecular formula is C12H16F2N2O2. The van der Waals surface area contributed by atoms with Gasteiger partial charge in [0.05, 0.1) is 5.69 Å². The molecule has 2 rings (SSSR count). The molecule has 1 heterocycles. The van der Waals surface area contributed by atoms with Gasteiger partial charge in [0.2, 0.25) is 5.92 Å². The molecule has 1 aliphatic carbocycles. The molecule has 6 heteroatoms. The molecule has 100 valence electrons. The topological polar surface area (TPSA) is 55.1 Å². The standard InChI is InChI=1S/C12H16F2N2O2/c1-2-16-9(3-8-15-16)11(10(17)18)4-6-12(13,14)7-5-11/h3,8H,2,4-7H2,1H3,(H,17,18). The number of nitrogens with zero attached hydrogens (tertiary/aromatic N) is 2. The molecular weight excluding hydrogens is 242 g/mol. The van der Waals surface area contributed by atoms with E-state index in [2.05, 4.69) is 5.10 Å². The Kier molecular flexibility index (Phi) is 3.12. The summed E-state index contributed by atoms with van der Waals surface area (Å²) in [5.74, 6) is -3.77. The molecule has 1 fully saturated rings. The molecule has 1 N–H and O–H groups in total. The van der Waals surface area contributed by atoms with E-state index in [9.17, 15) is 18.7 Å². The van der Waals surface area contributed by atoms with Crippen LogP contribution < -0.4 is 0 Å². The summed E-state index contributed by atoms with van der Waals surface area (Å²) >= 11 is 0. The molecule has 0 unspecified atom stereocenters. The van der Waals surface area contributed by atoms with Gasteiger partial charge in [-0.05, 0) is 25.8 Å². The normalized spacial score (nSPS) is 21.7. The Bertz CT molecular complexity index is 447. The number of aliphatic carboxylic acids is 1. The van der Waals surface area contributed by atoms with E-state index >= 15 is 0 Å². The third-order valence-corrected chi connectivity index (χ3v) is 3.75. The zero-order chi connectivity index (χ0) is 13.4. The highest BCUT2D eigenvalue weighted by Crippen LogP contribution is 2.45. The molecule has 1 aliphatic rings. The van der Waals surface area contributed by atoms with Gasteiger partial charge in [0.25, 0.3) is 0 Å². The number of carbonyl (C=O) groups is 1. The van der Waals surface area contributed by atoms with Crippen molar-refractivity contribution in [2.75, 3.05) is 0 Å². The number of rotatable bonds is 3. The summed E-state index contributed by atoms with van der Waals surface area (Å²) in [6.45, 7) is 2.39. The van der Waals surface area contributed by atoms with Gasteiger partial charge >= 0.3 is 5.97 Å². The van der Waals surface area contributed by atoms with E-state index in [0.29, 0.717) is 12.2 Å². The van der Waals surface area contributed by atoms with Gasteiger partial charge in [-0.1, -0.05) is 0 Å². The molecule has 0 atom stereocenters. The van der Waals surface area contributed by atoms with Crippen LogP contribution in [0.15, 0.2) is 12.3 Å². The van der Waals surface area contributed by atoms with Gasteiger partial charge in [-0.15, -0.1) is 0 Å². The fourth-order valence-corrected chi connectivity index (χ4v) is 2.61. The number of alkyl halides is 2. The number of carboxylic acid groups (broad SMARTS) is 1. The van der Waals surface area contributed by atoms with E-state index < -0.39 is 17.3 Å². The van der Waals surface area contributed by atoms with Crippen molar-refractivity contribution < 1.29 is 18.7 Å². The van der Waals surface area contributed by atoms with E-state index in [0.717, 1.165) is 0 Å². The molecule has 0 saturated heterocycles. The zero-order valence-corrected chi connectivity index (χ0v) is 10.2. The molecule has 4 nitrogen and oxygen atoms in total. The summed E-state index contributed by atoms with van der Waals surface area (Å²) in [6.07, 6.45) is 0.681. The van der Waals surface area contributed by atoms with Crippen molar-refractivity contribution >= 4 is 5.97 Å². The van der Waals surface area contributed by atoms with Gasteiger partial charge in [-0.3, -0.25) is 9.48 Å². The van der Waals surface area contributed by atoms with Crippen LogP contribution in [0.4, 0.5) is 8.78 Å². The molecule has 0 aliphatic heterocycles. The van der Waals surface area contributed by atoms with Gasteiger partial charge < -0.3 is 5.11 Å². The van der Waals surface area contributed by atoms with E-state index in [1.165, 1.54) is 6.20 Å². The molecule has 1 saturated carbocycles. The Morgan fingerprint density at radius 3 is 2.56 bits per heavy atom. The first-order valence-corrected chi connectivity index (χ1v) is 6.05. The second kappa shape index (κ2) is 4.33. The van der Waals surface area contributed by atoms with Crippen molar-refractivity contribution in [3.8, 4) is 0 Å². The van der Waals surface area contributed by atoms with E-state index in [1.807, 2.05) is 6.92 Å². The molecule has 0 radical (unpaired) electrons. The highest BCUT2D eigenvalue weighted by molar-refractivity contribution is 5.81. The van der Waals surface area contributed by atoms with Crippen LogP contribution in [0, 0.1) is 0 Å². The van der Waals surface area contributed by atoms with Gasteiger partial charge in [-0.2, -0.15) is 5.10 Å². The highest BCUT2D eigenvalue weighted by Gasteiger charge is 2.50. The fourth-order valence-electron chi connectivity index (χ4n) is 2.61. The summed E-state index contributed by atoms with van der Waals surface area (Å²) < 4.78 is 28.0. The van der Waals surface area contributed by atoms with Crippen molar-refractivity contribution in [1.82, 2.24) is 9.78 Å². The summed E-state index contributed by atoms with van der Waals surface area (Å²) in [4.78, 5) is 11.6. The second-order valence-electron chi connectivity index (χ2n) is 4.78. The summed E-state index contributed by atoms with van der Waals surface area (Å²) in [7, 11) is 0. The van der Waals surface area contributed by atoms with Crippen LogP contribution in [0.3, 0.4) is 0 Å². The maximum atomic E-state index is 13.2. The SMILES string of the molecule is CCn1nccc1C1(C(=O)O)CCC(F)(F)CC1. The third-order valence-electron chi connectivity index (χ3n) is 3.75. The largest absolute Gasteiger partial charge is 0.481 e. The van der Waals surface area contributed by atoms with E-state index in [-0.39, 0.29) is 25.7 Å². The number of halogens is 2. The van der Waals surface area contributed by atoms with Gasteiger partial charge in [0.1, 0.15) is 5.41 Å². The lowest BCUT2D eigenvalue weighted by Crippen LogP contribution is -2.44. The number of hydrogen-bond acceptors (Lipinski definition) is 2. The van der Waals surface area contributed by atoms with Gasteiger partial charge in [-0.25, -0.2) is 8.78 Å². The molecule has 1 aromatic rings. The van der Waals surface area contributed by atoms with Crippen LogP contribution in [0.5, 0.6) is 0 Å². The molecule has 0 amide bonds. The predicted octanol–water partition coefficient (Wildman–Crippen LogP) is 2.43. The first-order chi connectivity index (χ1) is 8.41. The zero-order valence-electron chi connectivity index (χ0n) is 10.2. The first-order valence-electron chi connectivity index (χ1n) is 6.05. The predicted molar refractivity (Wildman–Crippen MR) is 60.6 cm³/mol. The Labute approximate surface area is 104 Å². The van der Waals surface area contributed by atoms with E-state index in [1.54, 1.807) is 10.7 Å². The number of hydrogen-bond donors (Lipinski definition) is 1. The second-order valence-corrected chi connectivity index (χ2v) is 4.78. The molecule has 18 heavy (non-hydrogen) atoms.